The Bertz CT molecular complexity index is 513. The van der Waals surface area contributed by atoms with E-state index in [0.717, 1.165) is 31.9 Å². The molecule has 3 unspecified atom stereocenters. The van der Waals surface area contributed by atoms with Crippen molar-refractivity contribution in [1.82, 2.24) is 25.1 Å². The smallest absolute Gasteiger partial charge is 0.168 e. The third-order valence-corrected chi connectivity index (χ3v) is 6.11. The van der Waals surface area contributed by atoms with Gasteiger partial charge in [-0.05, 0) is 55.4 Å². The van der Waals surface area contributed by atoms with Gasteiger partial charge in [0.1, 0.15) is 0 Å². The minimum Gasteiger partial charge on any atom is -0.378 e. The summed E-state index contributed by atoms with van der Waals surface area (Å²) in [5, 5.41) is 12.7. The molecule has 1 saturated carbocycles. The highest BCUT2D eigenvalue weighted by Gasteiger charge is 2.35. The van der Waals surface area contributed by atoms with Gasteiger partial charge < -0.3 is 4.74 Å². The van der Waals surface area contributed by atoms with Gasteiger partial charge in [-0.25, -0.2) is 4.68 Å². The van der Waals surface area contributed by atoms with Gasteiger partial charge in [0.15, 0.2) is 5.82 Å². The zero-order valence-corrected chi connectivity index (χ0v) is 14.2. The number of tetrazole rings is 1. The first-order valence-corrected chi connectivity index (χ1v) is 9.46. The molecule has 3 heterocycles. The fourth-order valence-electron chi connectivity index (χ4n) is 4.69. The highest BCUT2D eigenvalue weighted by atomic mass is 16.5. The van der Waals surface area contributed by atoms with E-state index in [-0.39, 0.29) is 0 Å². The standard InChI is InChI=1S/C17H29N5O/c1-13(21-10-9-16-14(12-21)6-5-11-23-16)17-18-19-20-22(17)15-7-3-2-4-8-15/h13-16H,2-12H2,1H3. The number of fused-ring (bicyclic) bond motifs is 1. The minimum atomic E-state index is 0.301. The second-order valence-corrected chi connectivity index (χ2v) is 7.54. The number of rotatable bonds is 3. The van der Waals surface area contributed by atoms with Gasteiger partial charge in [0.2, 0.25) is 0 Å². The second kappa shape index (κ2) is 6.85. The molecular weight excluding hydrogens is 290 g/mol. The first-order valence-electron chi connectivity index (χ1n) is 9.46. The van der Waals surface area contributed by atoms with Crippen LogP contribution in [0.15, 0.2) is 0 Å². The van der Waals surface area contributed by atoms with Crippen molar-refractivity contribution in [2.24, 2.45) is 5.92 Å². The number of nitrogens with zero attached hydrogens (tertiary/aromatic N) is 5. The monoisotopic (exact) mass is 319 g/mol. The van der Waals surface area contributed by atoms with Crippen LogP contribution in [0, 0.1) is 5.92 Å². The highest BCUT2D eigenvalue weighted by molar-refractivity contribution is 4.96. The Morgan fingerprint density at radius 2 is 1.96 bits per heavy atom. The lowest BCUT2D eigenvalue weighted by molar-refractivity contribution is -0.0734. The zero-order valence-electron chi connectivity index (χ0n) is 14.2. The largest absolute Gasteiger partial charge is 0.378 e. The van der Waals surface area contributed by atoms with Crippen molar-refractivity contribution >= 4 is 0 Å². The van der Waals surface area contributed by atoms with Crippen LogP contribution in [-0.4, -0.2) is 50.9 Å². The lowest BCUT2D eigenvalue weighted by atomic mass is 9.88. The fraction of sp³-hybridized carbons (Fsp3) is 0.941. The van der Waals surface area contributed by atoms with Gasteiger partial charge in [0, 0.05) is 19.7 Å². The first-order chi connectivity index (χ1) is 11.3. The molecule has 23 heavy (non-hydrogen) atoms. The first kappa shape index (κ1) is 15.5. The number of likely N-dealkylation sites (tertiary alicyclic amines) is 1. The van der Waals surface area contributed by atoms with Gasteiger partial charge >= 0.3 is 0 Å². The summed E-state index contributed by atoms with van der Waals surface area (Å²) in [6.45, 7) is 5.45. The summed E-state index contributed by atoms with van der Waals surface area (Å²) in [5.41, 5.74) is 0. The van der Waals surface area contributed by atoms with Crippen LogP contribution in [0.2, 0.25) is 0 Å². The average molecular weight is 319 g/mol. The Balaban J connectivity index is 1.46. The van der Waals surface area contributed by atoms with Crippen LogP contribution >= 0.6 is 0 Å². The molecule has 0 N–H and O–H groups in total. The molecule has 3 fully saturated rings. The van der Waals surface area contributed by atoms with E-state index in [0.29, 0.717) is 24.1 Å². The van der Waals surface area contributed by atoms with E-state index >= 15 is 0 Å². The SMILES string of the molecule is CC(c1nnnn1C1CCCCC1)N1CCC2OCCCC2C1. The lowest BCUT2D eigenvalue weighted by Crippen LogP contribution is -2.47. The van der Waals surface area contributed by atoms with Crippen molar-refractivity contribution < 1.29 is 4.74 Å². The molecule has 4 rings (SSSR count). The predicted molar refractivity (Wildman–Crippen MR) is 87.0 cm³/mol. The van der Waals surface area contributed by atoms with Crippen LogP contribution in [0.25, 0.3) is 0 Å². The van der Waals surface area contributed by atoms with Gasteiger partial charge in [-0.2, -0.15) is 0 Å². The van der Waals surface area contributed by atoms with Crippen molar-refractivity contribution in [2.45, 2.75) is 76.5 Å². The molecule has 2 aliphatic heterocycles. The molecule has 6 nitrogen and oxygen atoms in total. The normalized spacial score (nSPS) is 31.7. The Morgan fingerprint density at radius 3 is 2.83 bits per heavy atom. The van der Waals surface area contributed by atoms with E-state index in [1.807, 2.05) is 0 Å². The summed E-state index contributed by atoms with van der Waals surface area (Å²) in [4.78, 5) is 2.57. The van der Waals surface area contributed by atoms with E-state index in [1.54, 1.807) is 0 Å². The molecule has 0 bridgehead atoms. The molecule has 1 aromatic rings. The van der Waals surface area contributed by atoms with Crippen molar-refractivity contribution in [3.05, 3.63) is 5.82 Å². The molecule has 0 amide bonds. The van der Waals surface area contributed by atoms with Gasteiger partial charge in [-0.15, -0.1) is 5.10 Å². The van der Waals surface area contributed by atoms with E-state index in [9.17, 15) is 0 Å². The second-order valence-electron chi connectivity index (χ2n) is 7.54. The highest BCUT2D eigenvalue weighted by Crippen LogP contribution is 2.34. The van der Waals surface area contributed by atoms with Crippen molar-refractivity contribution in [1.29, 1.82) is 0 Å². The van der Waals surface area contributed by atoms with Crippen LogP contribution in [0.5, 0.6) is 0 Å². The van der Waals surface area contributed by atoms with Crippen molar-refractivity contribution in [3.8, 4) is 0 Å². The van der Waals surface area contributed by atoms with Gasteiger partial charge in [0.05, 0.1) is 18.2 Å². The molecule has 0 aromatic carbocycles. The van der Waals surface area contributed by atoms with E-state index in [2.05, 4.69) is 32.0 Å². The summed E-state index contributed by atoms with van der Waals surface area (Å²) in [6, 6.07) is 0.807. The van der Waals surface area contributed by atoms with E-state index in [4.69, 9.17) is 4.74 Å². The van der Waals surface area contributed by atoms with Crippen LogP contribution in [0.3, 0.4) is 0 Å². The molecular formula is C17H29N5O. The van der Waals surface area contributed by atoms with E-state index in [1.165, 1.54) is 44.9 Å². The topological polar surface area (TPSA) is 56.1 Å². The predicted octanol–water partition coefficient (Wildman–Crippen LogP) is 2.74. The molecule has 0 spiro atoms. The molecule has 6 heteroatoms. The summed E-state index contributed by atoms with van der Waals surface area (Å²) in [6.07, 6.45) is 10.6. The maximum absolute atomic E-state index is 5.95. The Morgan fingerprint density at radius 1 is 1.09 bits per heavy atom. The van der Waals surface area contributed by atoms with Crippen LogP contribution in [0.1, 0.15) is 76.2 Å². The summed E-state index contributed by atoms with van der Waals surface area (Å²) < 4.78 is 8.08. The third-order valence-electron chi connectivity index (χ3n) is 6.11. The molecule has 3 aliphatic rings. The Labute approximate surface area is 138 Å². The fourth-order valence-corrected chi connectivity index (χ4v) is 4.69. The third kappa shape index (κ3) is 3.15. The zero-order chi connectivity index (χ0) is 15.6. The Kier molecular flexibility index (Phi) is 4.62. The quantitative estimate of drug-likeness (QED) is 0.857. The van der Waals surface area contributed by atoms with Crippen molar-refractivity contribution in [2.75, 3.05) is 19.7 Å². The molecule has 1 aliphatic carbocycles. The maximum Gasteiger partial charge on any atom is 0.168 e. The number of hydrogen-bond donors (Lipinski definition) is 0. The molecule has 128 valence electrons. The number of ether oxygens (including phenoxy) is 1. The van der Waals surface area contributed by atoms with Crippen LogP contribution in [0.4, 0.5) is 0 Å². The number of aromatic nitrogens is 4. The maximum atomic E-state index is 5.95. The van der Waals surface area contributed by atoms with Gasteiger partial charge in [-0.1, -0.05) is 19.3 Å². The van der Waals surface area contributed by atoms with Gasteiger partial charge in [-0.3, -0.25) is 4.90 Å². The summed E-state index contributed by atoms with van der Waals surface area (Å²) in [5.74, 6) is 1.76. The van der Waals surface area contributed by atoms with Crippen LogP contribution in [-0.2, 0) is 4.74 Å². The average Bonchev–Trinajstić information content (AvgIpc) is 3.11. The summed E-state index contributed by atoms with van der Waals surface area (Å²) >= 11 is 0. The number of hydrogen-bond acceptors (Lipinski definition) is 5. The molecule has 3 atom stereocenters. The number of piperidine rings is 1. The van der Waals surface area contributed by atoms with Crippen LogP contribution < -0.4 is 0 Å². The molecule has 0 radical (unpaired) electrons. The Hall–Kier alpha value is -1.01. The molecule has 1 aromatic heterocycles. The van der Waals surface area contributed by atoms with Gasteiger partial charge in [0.25, 0.3) is 0 Å². The lowest BCUT2D eigenvalue weighted by Gasteiger charge is -2.43. The minimum absolute atomic E-state index is 0.301. The van der Waals surface area contributed by atoms with E-state index < -0.39 is 0 Å². The van der Waals surface area contributed by atoms with Crippen molar-refractivity contribution in [3.63, 3.8) is 0 Å². The summed E-state index contributed by atoms with van der Waals surface area (Å²) in [7, 11) is 0. The molecule has 2 saturated heterocycles.